The molecule has 0 aliphatic rings. The molecule has 21 heavy (non-hydrogen) atoms. The van der Waals surface area contributed by atoms with Crippen LogP contribution in [0.5, 0.6) is 5.75 Å². The molecule has 0 spiro atoms. The molecule has 1 unspecified atom stereocenters. The SMILES string of the molecule is CC(C)Oc1cccc(C(NN)c2c(F)cccc2Cl)c1. The Morgan fingerprint density at radius 3 is 2.52 bits per heavy atom. The van der Waals surface area contributed by atoms with Crippen molar-refractivity contribution in [2.24, 2.45) is 5.84 Å². The molecule has 2 aromatic carbocycles. The molecule has 5 heteroatoms. The van der Waals surface area contributed by atoms with Crippen LogP contribution in [-0.2, 0) is 0 Å². The summed E-state index contributed by atoms with van der Waals surface area (Å²) in [5.41, 5.74) is 3.72. The van der Waals surface area contributed by atoms with Crippen molar-refractivity contribution >= 4 is 11.6 Å². The van der Waals surface area contributed by atoms with Crippen molar-refractivity contribution in [2.45, 2.75) is 26.0 Å². The van der Waals surface area contributed by atoms with Gasteiger partial charge in [-0.1, -0.05) is 29.8 Å². The Balaban J connectivity index is 2.42. The van der Waals surface area contributed by atoms with E-state index in [1.54, 1.807) is 12.1 Å². The van der Waals surface area contributed by atoms with Crippen molar-refractivity contribution in [3.8, 4) is 5.75 Å². The van der Waals surface area contributed by atoms with Gasteiger partial charge in [-0.2, -0.15) is 0 Å². The van der Waals surface area contributed by atoms with E-state index in [-0.39, 0.29) is 6.10 Å². The van der Waals surface area contributed by atoms with Crippen LogP contribution in [0.1, 0.15) is 31.0 Å². The molecule has 112 valence electrons. The Bertz CT molecular complexity index is 599. The molecule has 3 N–H and O–H groups in total. The van der Waals surface area contributed by atoms with Gasteiger partial charge >= 0.3 is 0 Å². The summed E-state index contributed by atoms with van der Waals surface area (Å²) in [4.78, 5) is 0. The van der Waals surface area contributed by atoms with Crippen LogP contribution in [0.15, 0.2) is 42.5 Å². The molecule has 0 bridgehead atoms. The van der Waals surface area contributed by atoms with E-state index >= 15 is 0 Å². The molecule has 0 saturated carbocycles. The maximum atomic E-state index is 14.1. The highest BCUT2D eigenvalue weighted by Crippen LogP contribution is 2.31. The Kier molecular flexibility index (Phi) is 5.17. The van der Waals surface area contributed by atoms with E-state index in [1.807, 2.05) is 38.1 Å². The molecule has 0 aromatic heterocycles. The van der Waals surface area contributed by atoms with Gasteiger partial charge in [0.15, 0.2) is 0 Å². The fourth-order valence-corrected chi connectivity index (χ4v) is 2.44. The summed E-state index contributed by atoms with van der Waals surface area (Å²) in [7, 11) is 0. The zero-order valence-corrected chi connectivity index (χ0v) is 12.7. The van der Waals surface area contributed by atoms with E-state index in [1.165, 1.54) is 6.07 Å². The number of nitrogens with two attached hydrogens (primary N) is 1. The largest absolute Gasteiger partial charge is 0.491 e. The van der Waals surface area contributed by atoms with Gasteiger partial charge in [0.1, 0.15) is 11.6 Å². The van der Waals surface area contributed by atoms with Crippen molar-refractivity contribution < 1.29 is 9.13 Å². The van der Waals surface area contributed by atoms with E-state index in [2.05, 4.69) is 5.43 Å². The molecule has 2 rings (SSSR count). The van der Waals surface area contributed by atoms with Crippen LogP contribution in [0.2, 0.25) is 5.02 Å². The van der Waals surface area contributed by atoms with E-state index in [0.717, 1.165) is 5.56 Å². The molecule has 3 nitrogen and oxygen atoms in total. The third-order valence-electron chi connectivity index (χ3n) is 3.02. The van der Waals surface area contributed by atoms with Crippen molar-refractivity contribution in [1.82, 2.24) is 5.43 Å². The summed E-state index contributed by atoms with van der Waals surface area (Å²) in [5.74, 6) is 5.91. The maximum Gasteiger partial charge on any atom is 0.129 e. The first-order valence-electron chi connectivity index (χ1n) is 6.69. The second-order valence-corrected chi connectivity index (χ2v) is 5.38. The van der Waals surface area contributed by atoms with Crippen LogP contribution in [0, 0.1) is 5.82 Å². The predicted octanol–water partition coefficient (Wildman–Crippen LogP) is 3.82. The second-order valence-electron chi connectivity index (χ2n) is 4.97. The average Bonchev–Trinajstić information content (AvgIpc) is 2.42. The smallest absolute Gasteiger partial charge is 0.129 e. The van der Waals surface area contributed by atoms with Gasteiger partial charge < -0.3 is 4.74 Å². The zero-order valence-electron chi connectivity index (χ0n) is 11.9. The lowest BCUT2D eigenvalue weighted by Gasteiger charge is -2.20. The lowest BCUT2D eigenvalue weighted by molar-refractivity contribution is 0.242. The van der Waals surface area contributed by atoms with Crippen LogP contribution >= 0.6 is 11.6 Å². The van der Waals surface area contributed by atoms with Gasteiger partial charge in [-0.05, 0) is 43.7 Å². The molecule has 0 heterocycles. The number of ether oxygens (including phenoxy) is 1. The van der Waals surface area contributed by atoms with E-state index in [0.29, 0.717) is 16.3 Å². The summed E-state index contributed by atoms with van der Waals surface area (Å²) >= 11 is 6.11. The monoisotopic (exact) mass is 308 g/mol. The van der Waals surface area contributed by atoms with Gasteiger partial charge in [0.25, 0.3) is 0 Å². The Morgan fingerprint density at radius 2 is 1.90 bits per heavy atom. The predicted molar refractivity (Wildman–Crippen MR) is 82.8 cm³/mol. The molecule has 0 fully saturated rings. The molecule has 0 amide bonds. The standard InChI is InChI=1S/C16H18ClFN2O/c1-10(2)21-12-6-3-5-11(9-12)16(20-19)15-13(17)7-4-8-14(15)18/h3-10,16,20H,19H2,1-2H3. The van der Waals surface area contributed by atoms with E-state index in [9.17, 15) is 4.39 Å². The fraction of sp³-hybridized carbons (Fsp3) is 0.250. The van der Waals surface area contributed by atoms with Crippen molar-refractivity contribution in [1.29, 1.82) is 0 Å². The highest BCUT2D eigenvalue weighted by Gasteiger charge is 2.20. The van der Waals surface area contributed by atoms with Gasteiger partial charge in [0.05, 0.1) is 12.1 Å². The Labute approximate surface area is 128 Å². The normalized spacial score (nSPS) is 12.5. The molecule has 0 saturated heterocycles. The summed E-state index contributed by atoms with van der Waals surface area (Å²) < 4.78 is 19.7. The number of hydrogen-bond acceptors (Lipinski definition) is 3. The first-order chi connectivity index (χ1) is 10.0. The molecular weight excluding hydrogens is 291 g/mol. The second kappa shape index (κ2) is 6.89. The minimum atomic E-state index is -0.547. The number of halogens is 2. The van der Waals surface area contributed by atoms with Crippen molar-refractivity contribution in [2.75, 3.05) is 0 Å². The third-order valence-corrected chi connectivity index (χ3v) is 3.35. The van der Waals surface area contributed by atoms with Crippen LogP contribution in [0.3, 0.4) is 0 Å². The lowest BCUT2D eigenvalue weighted by atomic mass is 9.98. The first kappa shape index (κ1) is 15.8. The summed E-state index contributed by atoms with van der Waals surface area (Å²) in [6, 6.07) is 11.4. The molecule has 0 aliphatic carbocycles. The van der Waals surface area contributed by atoms with Gasteiger partial charge in [-0.3, -0.25) is 5.84 Å². The zero-order chi connectivity index (χ0) is 15.4. The third kappa shape index (κ3) is 3.73. The number of rotatable bonds is 5. The number of hydrazine groups is 1. The van der Waals surface area contributed by atoms with Crippen molar-refractivity contribution in [3.63, 3.8) is 0 Å². The number of hydrogen-bond donors (Lipinski definition) is 2. The minimum absolute atomic E-state index is 0.0570. The fourth-order valence-electron chi connectivity index (χ4n) is 2.17. The van der Waals surface area contributed by atoms with Crippen LogP contribution < -0.4 is 16.0 Å². The summed E-state index contributed by atoms with van der Waals surface area (Å²) in [6.45, 7) is 3.89. The highest BCUT2D eigenvalue weighted by molar-refractivity contribution is 6.31. The van der Waals surface area contributed by atoms with Crippen LogP contribution in [-0.4, -0.2) is 6.10 Å². The van der Waals surface area contributed by atoms with Crippen LogP contribution in [0.25, 0.3) is 0 Å². The molecular formula is C16H18ClFN2O. The topological polar surface area (TPSA) is 47.3 Å². The maximum absolute atomic E-state index is 14.1. The lowest BCUT2D eigenvalue weighted by Crippen LogP contribution is -2.29. The first-order valence-corrected chi connectivity index (χ1v) is 7.07. The van der Waals surface area contributed by atoms with Gasteiger partial charge in [-0.15, -0.1) is 0 Å². The average molecular weight is 309 g/mol. The van der Waals surface area contributed by atoms with E-state index < -0.39 is 11.9 Å². The number of nitrogens with one attached hydrogen (secondary N) is 1. The summed E-state index contributed by atoms with van der Waals surface area (Å²) in [5, 5.41) is 0.327. The Morgan fingerprint density at radius 1 is 1.19 bits per heavy atom. The van der Waals surface area contributed by atoms with Crippen LogP contribution in [0.4, 0.5) is 4.39 Å². The molecule has 0 aliphatic heterocycles. The molecule has 0 radical (unpaired) electrons. The molecule has 2 aromatic rings. The van der Waals surface area contributed by atoms with Crippen molar-refractivity contribution in [3.05, 3.63) is 64.4 Å². The number of benzene rings is 2. The van der Waals surface area contributed by atoms with Gasteiger partial charge in [0, 0.05) is 10.6 Å². The van der Waals surface area contributed by atoms with E-state index in [4.69, 9.17) is 22.2 Å². The molecule has 1 atom stereocenters. The minimum Gasteiger partial charge on any atom is -0.491 e. The Hall–Kier alpha value is -1.62. The summed E-state index contributed by atoms with van der Waals surface area (Å²) in [6.07, 6.45) is 0.0570. The highest BCUT2D eigenvalue weighted by atomic mass is 35.5. The quantitative estimate of drug-likeness (QED) is 0.652. The van der Waals surface area contributed by atoms with Gasteiger partial charge in [0.2, 0.25) is 0 Å². The van der Waals surface area contributed by atoms with Gasteiger partial charge in [-0.25, -0.2) is 9.82 Å².